The third-order valence-corrected chi connectivity index (χ3v) is 4.68. The summed E-state index contributed by atoms with van der Waals surface area (Å²) >= 11 is 0. The van der Waals surface area contributed by atoms with Gasteiger partial charge in [0, 0.05) is 37.2 Å². The van der Waals surface area contributed by atoms with Crippen LogP contribution < -0.4 is 15.8 Å². The van der Waals surface area contributed by atoms with Gasteiger partial charge in [-0.05, 0) is 23.8 Å². The average Bonchev–Trinajstić information content (AvgIpc) is 2.80. The molecule has 0 bridgehead atoms. The van der Waals surface area contributed by atoms with Crippen molar-refractivity contribution >= 4 is 36.6 Å². The molecule has 1 aromatic heterocycles. The average molecular weight is 513 g/mol. The van der Waals surface area contributed by atoms with E-state index in [1.165, 1.54) is 7.11 Å². The van der Waals surface area contributed by atoms with Gasteiger partial charge in [0.15, 0.2) is 17.7 Å². The monoisotopic (exact) mass is 512 g/mol. The molecule has 0 fully saturated rings. The number of nitrogen functional groups attached to an aromatic ring is 1. The van der Waals surface area contributed by atoms with Gasteiger partial charge in [-0.3, -0.25) is 15.2 Å². The number of carbonyl (C=O) groups is 1. The number of nitrogens with two attached hydrogens (primary N) is 1. The van der Waals surface area contributed by atoms with E-state index in [9.17, 15) is 9.18 Å². The van der Waals surface area contributed by atoms with E-state index in [4.69, 9.17) is 20.6 Å². The molecule has 34 heavy (non-hydrogen) atoms. The number of amidine groups is 1. The predicted molar refractivity (Wildman–Crippen MR) is 128 cm³/mol. The lowest BCUT2D eigenvalue weighted by Crippen LogP contribution is -2.31. The summed E-state index contributed by atoms with van der Waals surface area (Å²) in [6.45, 7) is 0.118. The van der Waals surface area contributed by atoms with E-state index in [-0.39, 0.29) is 49.6 Å². The second-order valence-corrected chi connectivity index (χ2v) is 6.87. The van der Waals surface area contributed by atoms with Crippen LogP contribution in [0.1, 0.15) is 28.4 Å². The summed E-state index contributed by atoms with van der Waals surface area (Å²) in [7, 11) is 1.19. The minimum Gasteiger partial charge on any atom is -0.486 e. The molecule has 0 radical (unpaired) electrons. The first-order chi connectivity index (χ1) is 15.4. The number of ether oxygens (including phenoxy) is 2. The molecule has 1 heterocycles. The van der Waals surface area contributed by atoms with Crippen LogP contribution in [-0.4, -0.2) is 23.8 Å². The van der Waals surface area contributed by atoms with Crippen LogP contribution in [0.25, 0.3) is 0 Å². The van der Waals surface area contributed by atoms with E-state index in [1.807, 2.05) is 0 Å². The molecular formula is C23H24Cl2F2N4O3. The molecule has 7 nitrogen and oxygen atoms in total. The Hall–Kier alpha value is -3.27. The Morgan fingerprint density at radius 1 is 1.12 bits per heavy atom. The Balaban J connectivity index is 0.00000289. The molecule has 1 atom stereocenters. The Kier molecular flexibility index (Phi) is 11.4. The molecule has 0 aliphatic carbocycles. The number of amides is 1. The maximum absolute atomic E-state index is 15.0. The summed E-state index contributed by atoms with van der Waals surface area (Å²) in [5.74, 6) is -2.94. The first kappa shape index (κ1) is 28.8. The number of hydrogen-bond acceptors (Lipinski definition) is 5. The predicted octanol–water partition coefficient (Wildman–Crippen LogP) is 4.07. The fraction of sp³-hybridized carbons (Fsp3) is 0.174. The van der Waals surface area contributed by atoms with Crippen molar-refractivity contribution in [3.8, 4) is 5.75 Å². The first-order valence-corrected chi connectivity index (χ1v) is 9.64. The van der Waals surface area contributed by atoms with Gasteiger partial charge in [0.1, 0.15) is 18.3 Å². The maximum atomic E-state index is 15.0. The normalized spacial score (nSPS) is 10.9. The summed E-state index contributed by atoms with van der Waals surface area (Å²) in [5, 5.41) is 9.99. The third-order valence-electron chi connectivity index (χ3n) is 4.68. The van der Waals surface area contributed by atoms with Crippen molar-refractivity contribution < 1.29 is 23.0 Å². The van der Waals surface area contributed by atoms with Crippen LogP contribution in [0.3, 0.4) is 0 Å². The van der Waals surface area contributed by atoms with Crippen molar-refractivity contribution in [2.75, 3.05) is 7.11 Å². The van der Waals surface area contributed by atoms with E-state index in [2.05, 4.69) is 10.3 Å². The maximum Gasteiger partial charge on any atom is 0.254 e. The number of methoxy groups -OCH3 is 1. The van der Waals surface area contributed by atoms with E-state index < -0.39 is 29.2 Å². The van der Waals surface area contributed by atoms with Crippen LogP contribution in [0.15, 0.2) is 60.9 Å². The highest BCUT2D eigenvalue weighted by Gasteiger charge is 2.29. The number of rotatable bonds is 9. The Morgan fingerprint density at radius 2 is 1.82 bits per heavy atom. The molecule has 4 N–H and O–H groups in total. The molecule has 182 valence electrons. The fourth-order valence-electron chi connectivity index (χ4n) is 2.99. The molecular weight excluding hydrogens is 489 g/mol. The van der Waals surface area contributed by atoms with Crippen LogP contribution in [0.5, 0.6) is 5.75 Å². The molecule has 0 spiro atoms. The van der Waals surface area contributed by atoms with Gasteiger partial charge in [0.25, 0.3) is 5.91 Å². The smallest absolute Gasteiger partial charge is 0.254 e. The second kappa shape index (κ2) is 13.4. The summed E-state index contributed by atoms with van der Waals surface area (Å²) < 4.78 is 40.1. The molecule has 0 saturated carbocycles. The molecule has 0 aliphatic heterocycles. The number of carbonyl (C=O) groups excluding carboxylic acids is 1. The first-order valence-electron chi connectivity index (χ1n) is 9.64. The summed E-state index contributed by atoms with van der Waals surface area (Å²) in [6, 6.07) is 12.3. The van der Waals surface area contributed by atoms with Gasteiger partial charge in [-0.15, -0.1) is 24.8 Å². The Labute approximate surface area is 208 Å². The zero-order valence-corrected chi connectivity index (χ0v) is 19.7. The number of hydrogen-bond donors (Lipinski definition) is 3. The molecule has 2 aromatic carbocycles. The van der Waals surface area contributed by atoms with Crippen LogP contribution in [0.2, 0.25) is 0 Å². The number of nitrogens with zero attached hydrogens (tertiary/aromatic N) is 1. The van der Waals surface area contributed by atoms with E-state index >= 15 is 4.39 Å². The highest BCUT2D eigenvalue weighted by atomic mass is 35.5. The molecule has 11 heteroatoms. The molecule has 1 amide bonds. The largest absolute Gasteiger partial charge is 0.486 e. The van der Waals surface area contributed by atoms with E-state index in [1.54, 1.807) is 48.8 Å². The Bertz CT molecular complexity index is 1100. The highest BCUT2D eigenvalue weighted by molar-refractivity contribution is 5.94. The van der Waals surface area contributed by atoms with Crippen molar-refractivity contribution in [3.05, 3.63) is 94.8 Å². The van der Waals surface area contributed by atoms with Gasteiger partial charge in [0.05, 0.1) is 5.56 Å². The quantitative estimate of drug-likeness (QED) is 0.295. The number of pyridine rings is 1. The van der Waals surface area contributed by atoms with Crippen molar-refractivity contribution in [2.24, 2.45) is 5.73 Å². The lowest BCUT2D eigenvalue weighted by Gasteiger charge is -2.19. The summed E-state index contributed by atoms with van der Waals surface area (Å²) in [6.07, 6.45) is 1.64. The highest BCUT2D eigenvalue weighted by Crippen LogP contribution is 2.30. The topological polar surface area (TPSA) is 110 Å². The van der Waals surface area contributed by atoms with Gasteiger partial charge in [-0.25, -0.2) is 8.78 Å². The molecule has 3 rings (SSSR count). The van der Waals surface area contributed by atoms with Gasteiger partial charge in [-0.1, -0.05) is 30.3 Å². The van der Waals surface area contributed by atoms with Crippen molar-refractivity contribution in [2.45, 2.75) is 19.3 Å². The zero-order valence-electron chi connectivity index (χ0n) is 18.1. The lowest BCUT2D eigenvalue weighted by molar-refractivity contribution is -0.131. The van der Waals surface area contributed by atoms with E-state index in [0.717, 1.165) is 12.1 Å². The lowest BCUT2D eigenvalue weighted by atomic mass is 10.1. The second-order valence-electron chi connectivity index (χ2n) is 6.87. The van der Waals surface area contributed by atoms with Crippen molar-refractivity contribution in [3.63, 3.8) is 0 Å². The fourth-order valence-corrected chi connectivity index (χ4v) is 2.99. The van der Waals surface area contributed by atoms with Gasteiger partial charge >= 0.3 is 0 Å². The molecule has 0 saturated heterocycles. The van der Waals surface area contributed by atoms with Crippen LogP contribution >= 0.6 is 24.8 Å². The SMILES string of the molecule is CO[C@H](C(=O)NCc1ccc(C(=N)N)cc1)c1c(F)ccc(OCc2cccnc2)c1F.Cl.Cl. The Morgan fingerprint density at radius 3 is 2.41 bits per heavy atom. The van der Waals surface area contributed by atoms with Gasteiger partial charge in [-0.2, -0.15) is 0 Å². The molecule has 0 aliphatic rings. The third kappa shape index (κ3) is 7.11. The van der Waals surface area contributed by atoms with Gasteiger partial charge in [0.2, 0.25) is 0 Å². The standard InChI is InChI=1S/C23H22F2N4O3.2ClH/c1-31-21(23(30)29-12-14-4-6-16(7-5-14)22(26)27)19-17(24)8-9-18(20(19)25)32-13-15-3-2-10-28-11-15;;/h2-11,21H,12-13H2,1H3,(H3,26,27)(H,29,30);2*1H/t21-;;/m0../s1. The number of aromatic nitrogens is 1. The van der Waals surface area contributed by atoms with Crippen LogP contribution in [0.4, 0.5) is 8.78 Å². The summed E-state index contributed by atoms with van der Waals surface area (Å²) in [4.78, 5) is 16.6. The minimum absolute atomic E-state index is 0. The zero-order chi connectivity index (χ0) is 23.1. The molecule has 0 unspecified atom stereocenters. The van der Waals surface area contributed by atoms with Crippen LogP contribution in [0, 0.1) is 17.0 Å². The number of nitrogens with one attached hydrogen (secondary N) is 2. The molecule has 3 aromatic rings. The number of benzene rings is 2. The van der Waals surface area contributed by atoms with Crippen LogP contribution in [-0.2, 0) is 22.7 Å². The minimum atomic E-state index is -1.52. The van der Waals surface area contributed by atoms with Gasteiger partial charge < -0.3 is 20.5 Å². The summed E-state index contributed by atoms with van der Waals surface area (Å²) in [5.41, 5.74) is 6.84. The van der Waals surface area contributed by atoms with E-state index in [0.29, 0.717) is 16.7 Å². The van der Waals surface area contributed by atoms with Crippen molar-refractivity contribution in [1.29, 1.82) is 5.41 Å². The number of halogens is 4. The van der Waals surface area contributed by atoms with Crippen molar-refractivity contribution in [1.82, 2.24) is 10.3 Å².